The van der Waals surface area contributed by atoms with Crippen molar-refractivity contribution in [1.82, 2.24) is 0 Å². The Kier molecular flexibility index (Phi) is 1.90. The molecule has 2 atom stereocenters. The Morgan fingerprint density at radius 1 is 1.50 bits per heavy atom. The Balaban J connectivity index is 2.08. The van der Waals surface area contributed by atoms with Crippen LogP contribution in [0, 0.1) is 11.8 Å². The fourth-order valence-electron chi connectivity index (χ4n) is 1.38. The van der Waals surface area contributed by atoms with Crippen molar-refractivity contribution < 1.29 is 0 Å². The first-order valence-corrected chi connectivity index (χ1v) is 3.54. The molecule has 1 aliphatic carbocycles. The van der Waals surface area contributed by atoms with Crippen LogP contribution in [0.25, 0.3) is 0 Å². The Hall–Kier alpha value is -0.0400. The van der Waals surface area contributed by atoms with Gasteiger partial charge < -0.3 is 5.73 Å². The van der Waals surface area contributed by atoms with Gasteiger partial charge in [0.2, 0.25) is 0 Å². The minimum absolute atomic E-state index is 0.884. The molecule has 1 nitrogen and oxygen atoms in total. The monoisotopic (exact) mass is 113 g/mol. The molecule has 1 fully saturated rings. The van der Waals surface area contributed by atoms with Gasteiger partial charge in [0.1, 0.15) is 0 Å². The number of hydrogen-bond donors (Lipinski definition) is 1. The van der Waals surface area contributed by atoms with Crippen molar-refractivity contribution in [3.8, 4) is 0 Å². The van der Waals surface area contributed by atoms with Crippen LogP contribution in [0.15, 0.2) is 0 Å². The first-order chi connectivity index (χ1) is 3.84. The minimum atomic E-state index is 0.884. The van der Waals surface area contributed by atoms with Gasteiger partial charge in [-0.1, -0.05) is 13.3 Å². The highest BCUT2D eigenvalue weighted by atomic mass is 14.5. The smallest absolute Gasteiger partial charge is 0.00745 e. The molecular weight excluding hydrogens is 98.1 g/mol. The van der Waals surface area contributed by atoms with Crippen LogP contribution in [0.3, 0.4) is 0 Å². The molecule has 0 saturated heterocycles. The van der Waals surface area contributed by atoms with Crippen LogP contribution >= 0.6 is 0 Å². The van der Waals surface area contributed by atoms with Crippen molar-refractivity contribution in [1.29, 1.82) is 0 Å². The van der Waals surface area contributed by atoms with Crippen molar-refractivity contribution in [3.63, 3.8) is 0 Å². The number of rotatable bonds is 2. The maximum Gasteiger partial charge on any atom is -0.00745 e. The van der Waals surface area contributed by atoms with Crippen LogP contribution in [0.4, 0.5) is 0 Å². The molecule has 0 spiro atoms. The predicted molar refractivity (Wildman–Crippen MR) is 35.6 cm³/mol. The van der Waals surface area contributed by atoms with E-state index in [0.717, 1.165) is 18.4 Å². The highest BCUT2D eigenvalue weighted by Gasteiger charge is 2.24. The molecule has 0 aliphatic heterocycles. The summed E-state index contributed by atoms with van der Waals surface area (Å²) in [4.78, 5) is 0. The fourth-order valence-corrected chi connectivity index (χ4v) is 1.38. The van der Waals surface area contributed by atoms with Crippen LogP contribution in [0.2, 0.25) is 0 Å². The third kappa shape index (κ3) is 1.03. The summed E-state index contributed by atoms with van der Waals surface area (Å²) in [5.74, 6) is 1.94. The van der Waals surface area contributed by atoms with Crippen LogP contribution < -0.4 is 5.73 Å². The number of hydrogen-bond acceptors (Lipinski definition) is 1. The Bertz CT molecular complexity index is 70.8. The predicted octanol–water partition coefficient (Wildman–Crippen LogP) is 1.38. The molecule has 8 heavy (non-hydrogen) atoms. The summed E-state index contributed by atoms with van der Waals surface area (Å²) < 4.78 is 0. The van der Waals surface area contributed by atoms with E-state index < -0.39 is 0 Å². The molecule has 0 aromatic heterocycles. The molecule has 0 bridgehead atoms. The maximum absolute atomic E-state index is 5.40. The molecule has 0 radical (unpaired) electrons. The van der Waals surface area contributed by atoms with E-state index in [1.165, 1.54) is 19.3 Å². The van der Waals surface area contributed by atoms with Gasteiger partial charge in [0.05, 0.1) is 0 Å². The van der Waals surface area contributed by atoms with Crippen molar-refractivity contribution in [2.24, 2.45) is 17.6 Å². The fraction of sp³-hybridized carbons (Fsp3) is 1.00. The van der Waals surface area contributed by atoms with Crippen LogP contribution in [0.5, 0.6) is 0 Å². The second-order valence-corrected chi connectivity index (χ2v) is 2.89. The summed E-state index contributed by atoms with van der Waals surface area (Å²) in [6.07, 6.45) is 4.12. The van der Waals surface area contributed by atoms with Gasteiger partial charge in [0.25, 0.3) is 0 Å². The Morgan fingerprint density at radius 3 is 2.38 bits per heavy atom. The molecule has 1 rings (SSSR count). The Morgan fingerprint density at radius 2 is 2.25 bits per heavy atom. The molecule has 0 aromatic rings. The van der Waals surface area contributed by atoms with E-state index >= 15 is 0 Å². The van der Waals surface area contributed by atoms with Crippen LogP contribution in [0.1, 0.15) is 26.2 Å². The van der Waals surface area contributed by atoms with Gasteiger partial charge in [-0.25, -0.2) is 0 Å². The lowest BCUT2D eigenvalue weighted by atomic mass is 9.73. The first kappa shape index (κ1) is 6.09. The van der Waals surface area contributed by atoms with Crippen molar-refractivity contribution in [2.45, 2.75) is 26.2 Å². The van der Waals surface area contributed by atoms with Gasteiger partial charge in [-0.2, -0.15) is 0 Å². The van der Waals surface area contributed by atoms with E-state index in [1.807, 2.05) is 0 Å². The van der Waals surface area contributed by atoms with Gasteiger partial charge in [-0.15, -0.1) is 0 Å². The normalized spacial score (nSPS) is 36.8. The zero-order valence-electron chi connectivity index (χ0n) is 5.56. The molecule has 0 aromatic carbocycles. The molecule has 1 aliphatic rings. The lowest BCUT2D eigenvalue weighted by Crippen LogP contribution is -2.25. The van der Waals surface area contributed by atoms with Gasteiger partial charge in [-0.05, 0) is 31.2 Å². The highest BCUT2D eigenvalue weighted by molar-refractivity contribution is 4.76. The van der Waals surface area contributed by atoms with E-state index in [4.69, 9.17) is 5.73 Å². The van der Waals surface area contributed by atoms with E-state index in [1.54, 1.807) is 0 Å². The maximum atomic E-state index is 5.40. The standard InChI is InChI=1S/C7H15N/c1-6-2-3-7(6)4-5-8/h6-7H,2-5,8H2,1H3/t6-,7?/m0/s1. The van der Waals surface area contributed by atoms with E-state index in [0.29, 0.717) is 0 Å². The molecule has 48 valence electrons. The average molecular weight is 113 g/mol. The van der Waals surface area contributed by atoms with Crippen LogP contribution in [-0.2, 0) is 0 Å². The lowest BCUT2D eigenvalue weighted by Gasteiger charge is -2.33. The van der Waals surface area contributed by atoms with E-state index in [9.17, 15) is 0 Å². The third-order valence-corrected chi connectivity index (χ3v) is 2.33. The SMILES string of the molecule is C[C@H]1CCC1CCN. The summed E-state index contributed by atoms with van der Waals surface area (Å²) in [5.41, 5.74) is 5.40. The van der Waals surface area contributed by atoms with Crippen molar-refractivity contribution in [2.75, 3.05) is 6.54 Å². The number of nitrogens with two attached hydrogens (primary N) is 1. The molecule has 2 N–H and O–H groups in total. The zero-order valence-corrected chi connectivity index (χ0v) is 5.56. The largest absolute Gasteiger partial charge is 0.330 e. The van der Waals surface area contributed by atoms with Gasteiger partial charge >= 0.3 is 0 Å². The van der Waals surface area contributed by atoms with Crippen molar-refractivity contribution >= 4 is 0 Å². The van der Waals surface area contributed by atoms with E-state index in [-0.39, 0.29) is 0 Å². The second-order valence-electron chi connectivity index (χ2n) is 2.89. The summed E-state index contributed by atoms with van der Waals surface area (Å²) >= 11 is 0. The molecule has 1 unspecified atom stereocenters. The van der Waals surface area contributed by atoms with Gasteiger partial charge in [-0.3, -0.25) is 0 Å². The van der Waals surface area contributed by atoms with Gasteiger partial charge in [0, 0.05) is 0 Å². The third-order valence-electron chi connectivity index (χ3n) is 2.33. The molecule has 0 amide bonds. The highest BCUT2D eigenvalue weighted by Crippen LogP contribution is 2.35. The average Bonchev–Trinajstić information content (AvgIpc) is 1.79. The van der Waals surface area contributed by atoms with Gasteiger partial charge in [0.15, 0.2) is 0 Å². The van der Waals surface area contributed by atoms with Crippen molar-refractivity contribution in [3.05, 3.63) is 0 Å². The minimum Gasteiger partial charge on any atom is -0.330 e. The molecular formula is C7H15N. The van der Waals surface area contributed by atoms with E-state index in [2.05, 4.69) is 6.92 Å². The first-order valence-electron chi connectivity index (χ1n) is 3.54. The lowest BCUT2D eigenvalue weighted by molar-refractivity contribution is 0.186. The summed E-state index contributed by atoms with van der Waals surface area (Å²) in [6, 6.07) is 0. The molecule has 1 saturated carbocycles. The molecule has 1 heteroatoms. The van der Waals surface area contributed by atoms with Crippen LogP contribution in [-0.4, -0.2) is 6.54 Å². The molecule has 0 heterocycles. The quantitative estimate of drug-likeness (QED) is 0.575. The summed E-state index contributed by atoms with van der Waals surface area (Å²) in [6.45, 7) is 3.21. The second kappa shape index (κ2) is 2.49. The Labute approximate surface area is 51.3 Å². The topological polar surface area (TPSA) is 26.0 Å². The zero-order chi connectivity index (χ0) is 5.98. The summed E-state index contributed by atoms with van der Waals surface area (Å²) in [7, 11) is 0. The summed E-state index contributed by atoms with van der Waals surface area (Å²) in [5, 5.41) is 0.